The van der Waals surface area contributed by atoms with Crippen LogP contribution in [0.1, 0.15) is 45.4 Å². The first-order chi connectivity index (χ1) is 7.12. The largest absolute Gasteiger partial charge is 0.324 e. The van der Waals surface area contributed by atoms with Crippen LogP contribution in [0.4, 0.5) is 4.79 Å². The molecule has 1 aliphatic carbocycles. The molecule has 84 valence electrons. The van der Waals surface area contributed by atoms with Crippen molar-refractivity contribution in [1.82, 2.24) is 10.2 Å². The third-order valence-electron chi connectivity index (χ3n) is 3.64. The van der Waals surface area contributed by atoms with Crippen LogP contribution in [-0.2, 0) is 4.79 Å². The van der Waals surface area contributed by atoms with Gasteiger partial charge in [-0.2, -0.15) is 0 Å². The Bertz CT molecular complexity index is 282. The van der Waals surface area contributed by atoms with Gasteiger partial charge >= 0.3 is 6.03 Å². The van der Waals surface area contributed by atoms with Crippen LogP contribution in [-0.4, -0.2) is 28.9 Å². The molecule has 0 atom stereocenters. The highest BCUT2D eigenvalue weighted by Crippen LogP contribution is 2.34. The van der Waals surface area contributed by atoms with Gasteiger partial charge in [0.15, 0.2) is 0 Å². The first kappa shape index (κ1) is 10.5. The lowest BCUT2D eigenvalue weighted by Crippen LogP contribution is -2.59. The SMILES string of the molecule is CC1(N2CCC(=O)NC2=O)CCCCC1. The lowest BCUT2D eigenvalue weighted by atomic mass is 9.81. The van der Waals surface area contributed by atoms with Gasteiger partial charge in [-0.1, -0.05) is 19.3 Å². The van der Waals surface area contributed by atoms with Gasteiger partial charge in [0.05, 0.1) is 0 Å². The van der Waals surface area contributed by atoms with Crippen molar-refractivity contribution < 1.29 is 9.59 Å². The Morgan fingerprint density at radius 2 is 1.87 bits per heavy atom. The van der Waals surface area contributed by atoms with E-state index in [9.17, 15) is 9.59 Å². The fourth-order valence-electron chi connectivity index (χ4n) is 2.66. The predicted octanol–water partition coefficient (Wildman–Crippen LogP) is 1.65. The Morgan fingerprint density at radius 3 is 2.47 bits per heavy atom. The van der Waals surface area contributed by atoms with E-state index in [-0.39, 0.29) is 17.5 Å². The first-order valence-corrected chi connectivity index (χ1v) is 5.73. The minimum absolute atomic E-state index is 0.0248. The summed E-state index contributed by atoms with van der Waals surface area (Å²) in [6.07, 6.45) is 6.22. The zero-order chi connectivity index (χ0) is 10.9. The number of urea groups is 1. The molecule has 4 heteroatoms. The molecule has 0 bridgehead atoms. The molecule has 1 N–H and O–H groups in total. The molecule has 3 amide bonds. The Kier molecular flexibility index (Phi) is 2.67. The van der Waals surface area contributed by atoms with E-state index in [4.69, 9.17) is 0 Å². The van der Waals surface area contributed by atoms with Crippen molar-refractivity contribution in [2.45, 2.75) is 51.0 Å². The lowest BCUT2D eigenvalue weighted by Gasteiger charge is -2.45. The van der Waals surface area contributed by atoms with Gasteiger partial charge in [-0.25, -0.2) is 4.79 Å². The van der Waals surface area contributed by atoms with Crippen LogP contribution in [0.3, 0.4) is 0 Å². The van der Waals surface area contributed by atoms with Crippen molar-refractivity contribution in [2.75, 3.05) is 6.54 Å². The summed E-state index contributed by atoms with van der Waals surface area (Å²) < 4.78 is 0. The summed E-state index contributed by atoms with van der Waals surface area (Å²) in [5.41, 5.74) is -0.0248. The first-order valence-electron chi connectivity index (χ1n) is 5.73. The quantitative estimate of drug-likeness (QED) is 0.715. The molecule has 1 aliphatic heterocycles. The summed E-state index contributed by atoms with van der Waals surface area (Å²) in [5.74, 6) is -0.143. The van der Waals surface area contributed by atoms with Crippen LogP contribution in [0, 0.1) is 0 Å². The average Bonchev–Trinajstić information content (AvgIpc) is 2.18. The maximum Gasteiger partial charge on any atom is 0.324 e. The van der Waals surface area contributed by atoms with E-state index in [2.05, 4.69) is 12.2 Å². The fraction of sp³-hybridized carbons (Fsp3) is 0.818. The molecule has 0 radical (unpaired) electrons. The molecule has 2 rings (SSSR count). The van der Waals surface area contributed by atoms with Crippen molar-refractivity contribution in [1.29, 1.82) is 0 Å². The van der Waals surface area contributed by atoms with Gasteiger partial charge in [0.2, 0.25) is 5.91 Å². The van der Waals surface area contributed by atoms with E-state index >= 15 is 0 Å². The second-order valence-electron chi connectivity index (χ2n) is 4.81. The van der Waals surface area contributed by atoms with E-state index in [0.717, 1.165) is 12.8 Å². The van der Waals surface area contributed by atoms with E-state index in [0.29, 0.717) is 13.0 Å². The smallest absolute Gasteiger partial charge is 0.319 e. The fourth-order valence-corrected chi connectivity index (χ4v) is 2.66. The molecular formula is C11H18N2O2. The Balaban J connectivity index is 2.08. The third-order valence-corrected chi connectivity index (χ3v) is 3.64. The van der Waals surface area contributed by atoms with Gasteiger partial charge in [0, 0.05) is 18.5 Å². The molecule has 0 aromatic carbocycles. The molecule has 4 nitrogen and oxygen atoms in total. The minimum Gasteiger partial charge on any atom is -0.319 e. The minimum atomic E-state index is -0.198. The normalized spacial score (nSPS) is 26.3. The van der Waals surface area contributed by atoms with E-state index < -0.39 is 0 Å². The van der Waals surface area contributed by atoms with Gasteiger partial charge in [-0.15, -0.1) is 0 Å². The Labute approximate surface area is 90.0 Å². The number of hydrogen-bond acceptors (Lipinski definition) is 2. The van der Waals surface area contributed by atoms with Crippen molar-refractivity contribution in [3.8, 4) is 0 Å². The van der Waals surface area contributed by atoms with Crippen molar-refractivity contribution in [2.24, 2.45) is 0 Å². The zero-order valence-corrected chi connectivity index (χ0v) is 9.21. The summed E-state index contributed by atoms with van der Waals surface area (Å²) in [6.45, 7) is 2.72. The topological polar surface area (TPSA) is 49.4 Å². The summed E-state index contributed by atoms with van der Waals surface area (Å²) in [7, 11) is 0. The summed E-state index contributed by atoms with van der Waals surface area (Å²) >= 11 is 0. The number of rotatable bonds is 1. The second kappa shape index (κ2) is 3.83. The number of nitrogens with one attached hydrogen (secondary N) is 1. The van der Waals surface area contributed by atoms with Gasteiger partial charge in [0.25, 0.3) is 0 Å². The van der Waals surface area contributed by atoms with E-state index in [1.54, 1.807) is 0 Å². The van der Waals surface area contributed by atoms with Crippen molar-refractivity contribution in [3.63, 3.8) is 0 Å². The van der Waals surface area contributed by atoms with Crippen LogP contribution in [0.5, 0.6) is 0 Å². The third kappa shape index (κ3) is 1.98. The van der Waals surface area contributed by atoms with Crippen LogP contribution in [0.25, 0.3) is 0 Å². The van der Waals surface area contributed by atoms with Crippen LogP contribution >= 0.6 is 0 Å². The van der Waals surface area contributed by atoms with Crippen LogP contribution in [0.2, 0.25) is 0 Å². The zero-order valence-electron chi connectivity index (χ0n) is 9.21. The number of carbonyl (C=O) groups excluding carboxylic acids is 2. The average molecular weight is 210 g/mol. The maximum atomic E-state index is 11.7. The summed E-state index contributed by atoms with van der Waals surface area (Å²) in [5, 5.41) is 2.40. The van der Waals surface area contributed by atoms with Gasteiger partial charge < -0.3 is 4.90 Å². The van der Waals surface area contributed by atoms with Crippen molar-refractivity contribution in [3.05, 3.63) is 0 Å². The number of imide groups is 1. The molecule has 2 fully saturated rings. The maximum absolute atomic E-state index is 11.7. The predicted molar refractivity (Wildman–Crippen MR) is 56.4 cm³/mol. The highest BCUT2D eigenvalue weighted by atomic mass is 16.2. The highest BCUT2D eigenvalue weighted by molar-refractivity contribution is 5.96. The summed E-state index contributed by atoms with van der Waals surface area (Å²) in [6, 6.07) is -0.198. The summed E-state index contributed by atoms with van der Waals surface area (Å²) in [4.78, 5) is 24.6. The molecule has 1 heterocycles. The molecule has 1 saturated heterocycles. The molecule has 0 aromatic rings. The highest BCUT2D eigenvalue weighted by Gasteiger charge is 2.38. The molecule has 0 aromatic heterocycles. The molecule has 0 unspecified atom stereocenters. The standard InChI is InChI=1S/C11H18N2O2/c1-11(6-3-2-4-7-11)13-8-5-9(14)12-10(13)15/h2-8H2,1H3,(H,12,14,15). The van der Waals surface area contributed by atoms with Crippen molar-refractivity contribution >= 4 is 11.9 Å². The molecule has 1 saturated carbocycles. The number of carbonyl (C=O) groups is 2. The molecule has 15 heavy (non-hydrogen) atoms. The Hall–Kier alpha value is -1.06. The monoisotopic (exact) mass is 210 g/mol. The molecular weight excluding hydrogens is 192 g/mol. The molecule has 2 aliphatic rings. The van der Waals surface area contributed by atoms with Crippen LogP contribution < -0.4 is 5.32 Å². The number of hydrogen-bond donors (Lipinski definition) is 1. The van der Waals surface area contributed by atoms with Crippen LogP contribution in [0.15, 0.2) is 0 Å². The Morgan fingerprint density at radius 1 is 1.20 bits per heavy atom. The van der Waals surface area contributed by atoms with E-state index in [1.807, 2.05) is 4.90 Å². The molecule has 0 spiro atoms. The second-order valence-corrected chi connectivity index (χ2v) is 4.81. The lowest BCUT2D eigenvalue weighted by molar-refractivity contribution is -0.122. The van der Waals surface area contributed by atoms with Gasteiger partial charge in [-0.05, 0) is 19.8 Å². The van der Waals surface area contributed by atoms with E-state index in [1.165, 1.54) is 19.3 Å². The van der Waals surface area contributed by atoms with Gasteiger partial charge in [-0.3, -0.25) is 10.1 Å². The number of nitrogens with zero attached hydrogens (tertiary/aromatic N) is 1. The number of amides is 3. The van der Waals surface area contributed by atoms with Gasteiger partial charge in [0.1, 0.15) is 0 Å².